The van der Waals surface area contributed by atoms with Crippen molar-refractivity contribution in [3.05, 3.63) is 59.4 Å². The average Bonchev–Trinajstić information content (AvgIpc) is 2.86. The minimum Gasteiger partial charge on any atom is -0.480 e. The van der Waals surface area contributed by atoms with E-state index in [9.17, 15) is 29.7 Å². The molecule has 0 aliphatic carbocycles. The number of aromatic nitrogens is 1. The van der Waals surface area contributed by atoms with Gasteiger partial charge in [0.05, 0.1) is 36.0 Å². The molecule has 1 aliphatic rings. The van der Waals surface area contributed by atoms with Crippen molar-refractivity contribution < 1.29 is 29.7 Å². The molecular formula is C28H37N5O6S. The summed E-state index contributed by atoms with van der Waals surface area (Å²) in [5.74, 6) is -2.78. The molecule has 0 saturated carbocycles. The van der Waals surface area contributed by atoms with Gasteiger partial charge in [0, 0.05) is 50.4 Å². The molecule has 1 atom stereocenters. The van der Waals surface area contributed by atoms with E-state index in [2.05, 4.69) is 10.3 Å². The third-order valence-corrected chi connectivity index (χ3v) is 7.18. The van der Waals surface area contributed by atoms with Crippen LogP contribution in [-0.4, -0.2) is 103 Å². The van der Waals surface area contributed by atoms with E-state index >= 15 is 0 Å². The normalized spacial score (nSPS) is 17.5. The third-order valence-electron chi connectivity index (χ3n) is 6.61. The van der Waals surface area contributed by atoms with Crippen molar-refractivity contribution in [2.24, 2.45) is 5.92 Å². The highest BCUT2D eigenvalue weighted by Gasteiger charge is 2.27. The van der Waals surface area contributed by atoms with Gasteiger partial charge in [0.2, 0.25) is 0 Å². The number of thiocarbonyl (C=S) groups is 1. The summed E-state index contributed by atoms with van der Waals surface area (Å²) in [5.41, 5.74) is 3.14. The molecule has 4 N–H and O–H groups in total. The molecule has 216 valence electrons. The monoisotopic (exact) mass is 571 g/mol. The fraction of sp³-hybridized carbons (Fsp3) is 0.464. The van der Waals surface area contributed by atoms with Gasteiger partial charge in [-0.3, -0.25) is 34.1 Å². The molecule has 1 unspecified atom stereocenters. The van der Waals surface area contributed by atoms with E-state index in [1.54, 1.807) is 15.9 Å². The molecule has 40 heavy (non-hydrogen) atoms. The molecule has 0 saturated heterocycles. The second-order valence-electron chi connectivity index (χ2n) is 10.4. The number of carboxylic acids is 3. The summed E-state index contributed by atoms with van der Waals surface area (Å²) in [6.07, 6.45) is 0.469. The summed E-state index contributed by atoms with van der Waals surface area (Å²) in [6.45, 7) is 4.73. The molecule has 1 aromatic carbocycles. The van der Waals surface area contributed by atoms with Crippen molar-refractivity contribution >= 4 is 40.8 Å². The van der Waals surface area contributed by atoms with E-state index in [0.29, 0.717) is 30.9 Å². The lowest BCUT2D eigenvalue weighted by atomic mass is 10.0. The maximum absolute atomic E-state index is 11.9. The Balaban J connectivity index is 1.95. The first-order valence-corrected chi connectivity index (χ1v) is 13.6. The van der Waals surface area contributed by atoms with Crippen molar-refractivity contribution in [3.8, 4) is 0 Å². The molecule has 0 radical (unpaired) electrons. The van der Waals surface area contributed by atoms with Crippen LogP contribution in [0.5, 0.6) is 0 Å². The Labute approximate surface area is 239 Å². The molecule has 2 bridgehead atoms. The SMILES string of the molecule is CC(C)C(=S)Nc1ccc(CC2CN(CC(=O)O)CCN(CC(=O)O)Cc3cccc(n3)CN2CC(=O)O)cc1. The topological polar surface area (TPSA) is 147 Å². The summed E-state index contributed by atoms with van der Waals surface area (Å²) >= 11 is 5.38. The Morgan fingerprint density at radius 3 is 2.08 bits per heavy atom. The zero-order chi connectivity index (χ0) is 29.2. The van der Waals surface area contributed by atoms with Gasteiger partial charge in [-0.25, -0.2) is 0 Å². The summed E-state index contributed by atoms with van der Waals surface area (Å²) in [4.78, 5) is 45.9. The summed E-state index contributed by atoms with van der Waals surface area (Å²) in [6, 6.07) is 12.8. The number of nitrogens with zero attached hydrogens (tertiary/aromatic N) is 4. The quantitative estimate of drug-likeness (QED) is 0.310. The molecule has 1 aliphatic heterocycles. The molecule has 2 aromatic rings. The van der Waals surface area contributed by atoms with Crippen LogP contribution < -0.4 is 5.32 Å². The van der Waals surface area contributed by atoms with Gasteiger partial charge >= 0.3 is 17.9 Å². The molecule has 2 heterocycles. The zero-order valence-corrected chi connectivity index (χ0v) is 23.6. The van der Waals surface area contributed by atoms with Gasteiger partial charge < -0.3 is 20.6 Å². The van der Waals surface area contributed by atoms with E-state index in [1.165, 1.54) is 0 Å². The molecular weight excluding hydrogens is 534 g/mol. The van der Waals surface area contributed by atoms with Crippen molar-refractivity contribution in [1.82, 2.24) is 19.7 Å². The van der Waals surface area contributed by atoms with Crippen molar-refractivity contribution in [3.63, 3.8) is 0 Å². The maximum Gasteiger partial charge on any atom is 0.317 e. The smallest absolute Gasteiger partial charge is 0.317 e. The van der Waals surface area contributed by atoms with Crippen LogP contribution in [0.2, 0.25) is 0 Å². The fourth-order valence-electron chi connectivity index (χ4n) is 4.63. The van der Waals surface area contributed by atoms with Crippen LogP contribution >= 0.6 is 12.2 Å². The summed E-state index contributed by atoms with van der Waals surface area (Å²) < 4.78 is 0. The summed E-state index contributed by atoms with van der Waals surface area (Å²) in [7, 11) is 0. The molecule has 3 rings (SSSR count). The van der Waals surface area contributed by atoms with E-state index in [4.69, 9.17) is 12.2 Å². The molecule has 0 spiro atoms. The lowest BCUT2D eigenvalue weighted by Crippen LogP contribution is -2.50. The Morgan fingerprint density at radius 1 is 0.900 bits per heavy atom. The molecule has 0 amide bonds. The number of anilines is 1. The van der Waals surface area contributed by atoms with Crippen molar-refractivity contribution in [2.75, 3.05) is 44.6 Å². The Kier molecular flexibility index (Phi) is 11.5. The third kappa shape index (κ3) is 10.3. The van der Waals surface area contributed by atoms with Gasteiger partial charge in [-0.1, -0.05) is 44.3 Å². The molecule has 12 heteroatoms. The predicted octanol–water partition coefficient (Wildman–Crippen LogP) is 2.26. The number of nitrogens with one attached hydrogen (secondary N) is 1. The van der Waals surface area contributed by atoms with Crippen LogP contribution in [-0.2, 0) is 33.9 Å². The Hall–Kier alpha value is -3.45. The van der Waals surface area contributed by atoms with E-state index in [0.717, 1.165) is 16.2 Å². The Morgan fingerprint density at radius 2 is 1.48 bits per heavy atom. The number of hydrogen-bond donors (Lipinski definition) is 4. The number of fused-ring (bicyclic) bond motifs is 2. The number of carboxylic acid groups (broad SMARTS) is 3. The number of pyridine rings is 1. The van der Waals surface area contributed by atoms with Crippen LogP contribution in [0.3, 0.4) is 0 Å². The first kappa shape index (κ1) is 31.1. The highest BCUT2D eigenvalue weighted by atomic mass is 32.1. The highest BCUT2D eigenvalue weighted by Crippen LogP contribution is 2.18. The number of benzene rings is 1. The van der Waals surface area contributed by atoms with Crippen LogP contribution in [0.1, 0.15) is 30.8 Å². The molecule has 0 fully saturated rings. The van der Waals surface area contributed by atoms with Gasteiger partial charge in [-0.05, 0) is 36.2 Å². The van der Waals surface area contributed by atoms with Crippen LogP contribution in [0.25, 0.3) is 0 Å². The van der Waals surface area contributed by atoms with Crippen LogP contribution in [0.4, 0.5) is 5.69 Å². The van der Waals surface area contributed by atoms with Crippen molar-refractivity contribution in [1.29, 1.82) is 0 Å². The Bertz CT molecular complexity index is 1190. The molecule has 11 nitrogen and oxygen atoms in total. The first-order chi connectivity index (χ1) is 19.0. The lowest BCUT2D eigenvalue weighted by Gasteiger charge is -2.36. The fourth-order valence-corrected chi connectivity index (χ4v) is 4.75. The second kappa shape index (κ2) is 14.8. The number of carbonyl (C=O) groups is 3. The first-order valence-electron chi connectivity index (χ1n) is 13.2. The number of aliphatic carboxylic acids is 3. The second-order valence-corrected chi connectivity index (χ2v) is 10.8. The standard InChI is InChI=1S/C28H37N5O6S/c1-19(2)28(40)30-21-8-6-20(7-9-21)12-24-15-32(17-26(36)37)11-10-31(16-25(34)35)13-22-4-3-5-23(29-22)14-33(24)18-27(38)39/h3-9,19,24H,10-18H2,1-2H3,(H,30,40)(H,34,35)(H,36,37)(H,38,39). The van der Waals surface area contributed by atoms with Crippen molar-refractivity contribution in [2.45, 2.75) is 39.4 Å². The van der Waals surface area contributed by atoms with Gasteiger partial charge in [-0.2, -0.15) is 0 Å². The minimum atomic E-state index is -1.01. The average molecular weight is 572 g/mol. The highest BCUT2D eigenvalue weighted by molar-refractivity contribution is 7.80. The van der Waals surface area contributed by atoms with Gasteiger partial charge in [0.1, 0.15) is 0 Å². The van der Waals surface area contributed by atoms with E-state index in [1.807, 2.05) is 55.1 Å². The van der Waals surface area contributed by atoms with Gasteiger partial charge in [0.15, 0.2) is 0 Å². The largest absolute Gasteiger partial charge is 0.480 e. The van der Waals surface area contributed by atoms with E-state index in [-0.39, 0.29) is 51.2 Å². The number of hydrogen-bond acceptors (Lipinski definition) is 8. The van der Waals surface area contributed by atoms with Crippen LogP contribution in [0, 0.1) is 5.92 Å². The summed E-state index contributed by atoms with van der Waals surface area (Å²) in [5, 5.41) is 32.0. The van der Waals surface area contributed by atoms with E-state index < -0.39 is 17.9 Å². The zero-order valence-electron chi connectivity index (χ0n) is 22.8. The minimum absolute atomic E-state index is 0.203. The number of rotatable bonds is 10. The van der Waals surface area contributed by atoms with Gasteiger partial charge in [-0.15, -0.1) is 0 Å². The molecule has 1 aromatic heterocycles. The predicted molar refractivity (Wildman–Crippen MR) is 154 cm³/mol. The lowest BCUT2D eigenvalue weighted by molar-refractivity contribution is -0.141. The van der Waals surface area contributed by atoms with Crippen LogP contribution in [0.15, 0.2) is 42.5 Å². The van der Waals surface area contributed by atoms with Gasteiger partial charge in [0.25, 0.3) is 0 Å². The maximum atomic E-state index is 11.9.